The summed E-state index contributed by atoms with van der Waals surface area (Å²) in [6, 6.07) is 26.6. The molecule has 0 spiro atoms. The third kappa shape index (κ3) is 5.18. The van der Waals surface area contributed by atoms with Crippen LogP contribution in [0.15, 0.2) is 88.8 Å². The molecule has 6 heteroatoms. The quantitative estimate of drug-likeness (QED) is 0.231. The highest BCUT2D eigenvalue weighted by Gasteiger charge is 2.41. The van der Waals surface area contributed by atoms with Crippen molar-refractivity contribution in [2.24, 2.45) is 10.9 Å². The smallest absolute Gasteiger partial charge is 0.267 e. The minimum Gasteiger partial charge on any atom is -0.340 e. The fraction of sp³-hybridized carbons (Fsp3) is 0.273. The Balaban J connectivity index is 1.42. The number of carbonyl (C=O) groups is 1. The van der Waals surface area contributed by atoms with E-state index in [2.05, 4.69) is 60.9 Å². The summed E-state index contributed by atoms with van der Waals surface area (Å²) < 4.78 is 2.33. The van der Waals surface area contributed by atoms with E-state index >= 15 is 0 Å². The standard InChI is InChI=1S/C33H32ClN3OS/c1-22-10-6-8-14-29(22)37-32(38)31(39-33(37)35-26-11-4-3-5-12-26)20-28-23(2)36(30-15-9-7-13-27(28)30)21-24-16-18-25(34)19-17-24/h3-5,7,9,11-13,15-20,22,29H,6,8,10,14,21H2,1-2H3/b31-20-,35-33?/t22-,29+/m0/s1. The van der Waals surface area contributed by atoms with Crippen LogP contribution >= 0.6 is 23.4 Å². The summed E-state index contributed by atoms with van der Waals surface area (Å²) in [4.78, 5) is 21.8. The minimum absolute atomic E-state index is 0.0716. The van der Waals surface area contributed by atoms with Gasteiger partial charge in [-0.1, -0.05) is 79.9 Å². The average molecular weight is 554 g/mol. The molecule has 0 unspecified atom stereocenters. The van der Waals surface area contributed by atoms with Crippen molar-refractivity contribution >= 4 is 57.1 Å². The molecule has 0 N–H and O–H groups in total. The molecule has 1 amide bonds. The van der Waals surface area contributed by atoms with Gasteiger partial charge < -0.3 is 4.57 Å². The second-order valence-electron chi connectivity index (χ2n) is 10.6. The molecule has 1 aliphatic carbocycles. The van der Waals surface area contributed by atoms with Crippen molar-refractivity contribution in [1.29, 1.82) is 0 Å². The first-order chi connectivity index (χ1) is 19.0. The Morgan fingerprint density at radius 3 is 2.46 bits per heavy atom. The van der Waals surface area contributed by atoms with Gasteiger partial charge in [-0.3, -0.25) is 9.69 Å². The highest BCUT2D eigenvalue weighted by Crippen LogP contribution is 2.41. The molecule has 2 atom stereocenters. The molecule has 39 heavy (non-hydrogen) atoms. The molecule has 1 aliphatic heterocycles. The van der Waals surface area contributed by atoms with Crippen LogP contribution in [0, 0.1) is 12.8 Å². The third-order valence-electron chi connectivity index (χ3n) is 8.02. The second-order valence-corrected chi connectivity index (χ2v) is 12.0. The lowest BCUT2D eigenvalue weighted by Crippen LogP contribution is -2.44. The number of para-hydroxylation sites is 2. The zero-order chi connectivity index (χ0) is 26.9. The number of rotatable bonds is 5. The zero-order valence-corrected chi connectivity index (χ0v) is 23.9. The summed E-state index contributed by atoms with van der Waals surface area (Å²) >= 11 is 7.64. The molecule has 1 saturated carbocycles. The normalized spacial score (nSPS) is 21.9. The molecule has 2 aliphatic rings. The van der Waals surface area contributed by atoms with Gasteiger partial charge >= 0.3 is 0 Å². The molecule has 3 aromatic carbocycles. The average Bonchev–Trinajstić information content (AvgIpc) is 3.39. The van der Waals surface area contributed by atoms with Crippen LogP contribution < -0.4 is 0 Å². The number of amidine groups is 1. The fourth-order valence-corrected chi connectivity index (χ4v) is 7.05. The highest BCUT2D eigenvalue weighted by molar-refractivity contribution is 8.18. The number of hydrogen-bond donors (Lipinski definition) is 0. The zero-order valence-electron chi connectivity index (χ0n) is 22.3. The predicted octanol–water partition coefficient (Wildman–Crippen LogP) is 8.83. The molecule has 2 heterocycles. The highest BCUT2D eigenvalue weighted by atomic mass is 35.5. The molecular formula is C33H32ClN3OS. The molecule has 198 valence electrons. The van der Waals surface area contributed by atoms with Gasteiger partial charge in [-0.25, -0.2) is 4.99 Å². The molecule has 4 nitrogen and oxygen atoms in total. The maximum atomic E-state index is 14.1. The first-order valence-electron chi connectivity index (χ1n) is 13.7. The largest absolute Gasteiger partial charge is 0.340 e. The number of amides is 1. The van der Waals surface area contributed by atoms with Crippen LogP contribution in [0.3, 0.4) is 0 Å². The number of nitrogens with zero attached hydrogens (tertiary/aromatic N) is 3. The second kappa shape index (κ2) is 11.1. The maximum Gasteiger partial charge on any atom is 0.267 e. The SMILES string of the molecule is Cc1c(/C=C2\SC(=Nc3ccccc3)N([C@@H]3CCCC[C@@H]3C)C2=O)c2ccccc2n1Cc1ccc(Cl)cc1. The fourth-order valence-electron chi connectivity index (χ4n) is 5.90. The number of carbonyl (C=O) groups excluding carboxylic acids is 1. The van der Waals surface area contributed by atoms with E-state index in [-0.39, 0.29) is 11.9 Å². The Hall–Kier alpha value is -3.28. The number of thioether (sulfide) groups is 1. The van der Waals surface area contributed by atoms with E-state index in [0.29, 0.717) is 5.92 Å². The van der Waals surface area contributed by atoms with Gasteiger partial charge in [-0.05, 0) is 79.4 Å². The van der Waals surface area contributed by atoms with Gasteiger partial charge in [-0.2, -0.15) is 0 Å². The van der Waals surface area contributed by atoms with E-state index in [9.17, 15) is 4.79 Å². The van der Waals surface area contributed by atoms with Gasteiger partial charge in [0.25, 0.3) is 5.91 Å². The van der Waals surface area contributed by atoms with Crippen molar-refractivity contribution in [1.82, 2.24) is 9.47 Å². The number of fused-ring (bicyclic) bond motifs is 1. The van der Waals surface area contributed by atoms with Crippen molar-refractivity contribution in [2.75, 3.05) is 0 Å². The topological polar surface area (TPSA) is 37.6 Å². The van der Waals surface area contributed by atoms with Crippen LogP contribution in [0.4, 0.5) is 5.69 Å². The molecule has 2 fully saturated rings. The van der Waals surface area contributed by atoms with Crippen LogP contribution in [-0.2, 0) is 11.3 Å². The van der Waals surface area contributed by atoms with E-state index in [1.807, 2.05) is 47.4 Å². The van der Waals surface area contributed by atoms with Gasteiger partial charge in [0.2, 0.25) is 0 Å². The number of hydrogen-bond acceptors (Lipinski definition) is 3. The summed E-state index contributed by atoms with van der Waals surface area (Å²) in [5.41, 5.74) is 5.44. The lowest BCUT2D eigenvalue weighted by molar-refractivity contribution is -0.124. The number of aliphatic imine (C=N–C) groups is 1. The summed E-state index contributed by atoms with van der Waals surface area (Å²) in [6.07, 6.45) is 6.64. The Kier molecular flexibility index (Phi) is 7.37. The molecule has 1 saturated heterocycles. The van der Waals surface area contributed by atoms with Crippen LogP contribution in [0.1, 0.15) is 49.4 Å². The van der Waals surface area contributed by atoms with Gasteiger partial charge in [-0.15, -0.1) is 0 Å². The third-order valence-corrected chi connectivity index (χ3v) is 9.26. The van der Waals surface area contributed by atoms with Crippen LogP contribution in [0.2, 0.25) is 5.02 Å². The Bertz CT molecular complexity index is 1570. The van der Waals surface area contributed by atoms with Crippen LogP contribution in [0.25, 0.3) is 17.0 Å². The van der Waals surface area contributed by atoms with Gasteiger partial charge in [0.1, 0.15) is 0 Å². The molecule has 1 aromatic heterocycles. The van der Waals surface area contributed by atoms with Gasteiger partial charge in [0.05, 0.1) is 10.6 Å². The van der Waals surface area contributed by atoms with E-state index in [0.717, 1.165) is 68.8 Å². The molecule has 6 rings (SSSR count). The van der Waals surface area contributed by atoms with Crippen molar-refractivity contribution in [2.45, 2.75) is 52.1 Å². The number of halogens is 1. The van der Waals surface area contributed by atoms with E-state index in [1.165, 1.54) is 23.7 Å². The van der Waals surface area contributed by atoms with Gasteiger partial charge in [0, 0.05) is 39.8 Å². The first-order valence-corrected chi connectivity index (χ1v) is 14.9. The Morgan fingerprint density at radius 2 is 1.69 bits per heavy atom. The molecular weight excluding hydrogens is 522 g/mol. The Morgan fingerprint density at radius 1 is 0.974 bits per heavy atom. The Labute approximate surface area is 239 Å². The number of aromatic nitrogens is 1. The van der Waals surface area contributed by atoms with Crippen molar-refractivity contribution in [3.63, 3.8) is 0 Å². The van der Waals surface area contributed by atoms with Crippen LogP contribution in [-0.4, -0.2) is 26.6 Å². The lowest BCUT2D eigenvalue weighted by Gasteiger charge is -2.35. The van der Waals surface area contributed by atoms with Crippen molar-refractivity contribution in [3.05, 3.63) is 106 Å². The van der Waals surface area contributed by atoms with Crippen molar-refractivity contribution in [3.8, 4) is 0 Å². The van der Waals surface area contributed by atoms with E-state index < -0.39 is 0 Å². The first kappa shape index (κ1) is 26.0. The minimum atomic E-state index is 0.0716. The van der Waals surface area contributed by atoms with Crippen molar-refractivity contribution < 1.29 is 4.79 Å². The predicted molar refractivity (Wildman–Crippen MR) is 165 cm³/mol. The molecule has 0 bridgehead atoms. The molecule has 0 radical (unpaired) electrons. The summed E-state index contributed by atoms with van der Waals surface area (Å²) in [7, 11) is 0. The summed E-state index contributed by atoms with van der Waals surface area (Å²) in [5.74, 6) is 0.522. The summed E-state index contributed by atoms with van der Waals surface area (Å²) in [5, 5.41) is 2.68. The molecule has 4 aromatic rings. The summed E-state index contributed by atoms with van der Waals surface area (Å²) in [6.45, 7) is 5.16. The van der Waals surface area contributed by atoms with Gasteiger partial charge in [0.15, 0.2) is 5.17 Å². The van der Waals surface area contributed by atoms with Crippen LogP contribution in [0.5, 0.6) is 0 Å². The maximum absolute atomic E-state index is 14.1. The monoisotopic (exact) mass is 553 g/mol. The number of benzene rings is 3. The lowest BCUT2D eigenvalue weighted by atomic mass is 9.85. The van der Waals surface area contributed by atoms with E-state index in [1.54, 1.807) is 0 Å². The van der Waals surface area contributed by atoms with E-state index in [4.69, 9.17) is 16.6 Å².